The molecule has 2 rings (SSSR count). The summed E-state index contributed by atoms with van der Waals surface area (Å²) in [7, 11) is 0. The third kappa shape index (κ3) is 3.62. The maximum atomic E-state index is 12.4. The van der Waals surface area contributed by atoms with Gasteiger partial charge in [0.05, 0.1) is 0 Å². The Kier molecular flexibility index (Phi) is 5.36. The highest BCUT2D eigenvalue weighted by molar-refractivity contribution is 5.84. The lowest BCUT2D eigenvalue weighted by molar-refractivity contribution is -0.130. The van der Waals surface area contributed by atoms with Gasteiger partial charge in [-0.3, -0.25) is 4.79 Å². The van der Waals surface area contributed by atoms with Crippen molar-refractivity contribution in [3.63, 3.8) is 0 Å². The van der Waals surface area contributed by atoms with Crippen molar-refractivity contribution < 1.29 is 4.79 Å². The second-order valence-electron chi connectivity index (χ2n) is 5.33. The summed E-state index contributed by atoms with van der Waals surface area (Å²) in [5.74, 6) is 1.75. The second kappa shape index (κ2) is 7.24. The van der Waals surface area contributed by atoms with Gasteiger partial charge in [-0.05, 0) is 33.1 Å². The molecule has 1 aliphatic heterocycles. The Bertz CT molecular complexity index is 485. The van der Waals surface area contributed by atoms with Crippen LogP contribution < -0.4 is 10.6 Å². The molecule has 116 valence electrons. The molecule has 0 aromatic carbocycles. The predicted octanol–water partition coefficient (Wildman–Crippen LogP) is 1.89. The molecule has 1 aromatic rings. The van der Waals surface area contributed by atoms with Gasteiger partial charge in [-0.15, -0.1) is 0 Å². The number of nitrogens with zero attached hydrogens (tertiary/aromatic N) is 3. The van der Waals surface area contributed by atoms with Crippen LogP contribution in [0.15, 0.2) is 6.33 Å². The second-order valence-corrected chi connectivity index (χ2v) is 5.33. The zero-order chi connectivity index (χ0) is 15.2. The number of anilines is 2. The van der Waals surface area contributed by atoms with E-state index in [-0.39, 0.29) is 11.9 Å². The number of rotatable bonds is 6. The molecule has 0 spiro atoms. The lowest BCUT2D eigenvalue weighted by Gasteiger charge is -2.22. The fraction of sp³-hybridized carbons (Fsp3) is 0.667. The average molecular weight is 291 g/mol. The highest BCUT2D eigenvalue weighted by Gasteiger charge is 2.24. The predicted molar refractivity (Wildman–Crippen MR) is 84.5 cm³/mol. The van der Waals surface area contributed by atoms with E-state index in [4.69, 9.17) is 0 Å². The molecule has 0 radical (unpaired) electrons. The molecule has 0 bridgehead atoms. The summed E-state index contributed by atoms with van der Waals surface area (Å²) in [6, 6.07) is -0.266. The maximum absolute atomic E-state index is 12.4. The van der Waals surface area contributed by atoms with Crippen LogP contribution in [0.3, 0.4) is 0 Å². The van der Waals surface area contributed by atoms with Gasteiger partial charge in [-0.1, -0.05) is 6.92 Å². The molecule has 1 amide bonds. The van der Waals surface area contributed by atoms with Gasteiger partial charge in [-0.2, -0.15) is 0 Å². The zero-order valence-electron chi connectivity index (χ0n) is 13.1. The highest BCUT2D eigenvalue weighted by atomic mass is 16.2. The number of carbonyl (C=O) groups excluding carboxylic acids is 1. The number of nitrogens with one attached hydrogen (secondary N) is 2. The summed E-state index contributed by atoms with van der Waals surface area (Å²) < 4.78 is 0. The number of hydrogen-bond acceptors (Lipinski definition) is 5. The van der Waals surface area contributed by atoms with Crippen LogP contribution in [0.4, 0.5) is 11.6 Å². The smallest absolute Gasteiger partial charge is 0.244 e. The van der Waals surface area contributed by atoms with Crippen LogP contribution in [0.5, 0.6) is 0 Å². The van der Waals surface area contributed by atoms with Crippen LogP contribution in [-0.2, 0) is 11.2 Å². The molecule has 6 nitrogen and oxygen atoms in total. The molecule has 2 N–H and O–H groups in total. The van der Waals surface area contributed by atoms with Crippen molar-refractivity contribution in [2.45, 2.75) is 46.1 Å². The van der Waals surface area contributed by atoms with Crippen molar-refractivity contribution in [1.29, 1.82) is 0 Å². The zero-order valence-corrected chi connectivity index (χ0v) is 13.1. The van der Waals surface area contributed by atoms with Gasteiger partial charge in [0.1, 0.15) is 24.0 Å². The van der Waals surface area contributed by atoms with Crippen LogP contribution in [-0.4, -0.2) is 46.5 Å². The summed E-state index contributed by atoms with van der Waals surface area (Å²) in [4.78, 5) is 22.9. The number of carbonyl (C=O) groups is 1. The minimum absolute atomic E-state index is 0.151. The van der Waals surface area contributed by atoms with Crippen LogP contribution in [0.25, 0.3) is 0 Å². The van der Waals surface area contributed by atoms with Gasteiger partial charge in [0.2, 0.25) is 5.91 Å². The molecule has 1 unspecified atom stereocenters. The summed E-state index contributed by atoms with van der Waals surface area (Å²) in [6.45, 7) is 8.56. The van der Waals surface area contributed by atoms with E-state index in [1.54, 1.807) is 0 Å². The van der Waals surface area contributed by atoms with E-state index < -0.39 is 0 Å². The fourth-order valence-corrected chi connectivity index (χ4v) is 2.67. The largest absolute Gasteiger partial charge is 0.370 e. The van der Waals surface area contributed by atoms with Crippen LogP contribution in [0.1, 0.15) is 39.2 Å². The first-order valence-electron chi connectivity index (χ1n) is 7.80. The number of aromatic nitrogens is 2. The van der Waals surface area contributed by atoms with E-state index in [1.807, 2.05) is 18.7 Å². The van der Waals surface area contributed by atoms with Gasteiger partial charge in [-0.25, -0.2) is 9.97 Å². The van der Waals surface area contributed by atoms with E-state index in [1.165, 1.54) is 6.33 Å². The van der Waals surface area contributed by atoms with Crippen molar-refractivity contribution in [2.24, 2.45) is 0 Å². The first-order valence-corrected chi connectivity index (χ1v) is 7.80. The Hall–Kier alpha value is -1.85. The van der Waals surface area contributed by atoms with Gasteiger partial charge >= 0.3 is 0 Å². The van der Waals surface area contributed by atoms with Crippen LogP contribution in [0, 0.1) is 0 Å². The van der Waals surface area contributed by atoms with Crippen LogP contribution >= 0.6 is 0 Å². The molecule has 1 aliphatic rings. The van der Waals surface area contributed by atoms with Gasteiger partial charge < -0.3 is 15.5 Å². The Labute approximate surface area is 126 Å². The minimum Gasteiger partial charge on any atom is -0.370 e. The molecule has 1 aromatic heterocycles. The van der Waals surface area contributed by atoms with Crippen molar-refractivity contribution >= 4 is 17.5 Å². The maximum Gasteiger partial charge on any atom is 0.244 e. The van der Waals surface area contributed by atoms with Crippen molar-refractivity contribution in [2.75, 3.05) is 30.3 Å². The molecule has 0 aliphatic carbocycles. The minimum atomic E-state index is -0.266. The molecule has 1 atom stereocenters. The lowest BCUT2D eigenvalue weighted by atomic mass is 10.2. The molecule has 1 saturated heterocycles. The van der Waals surface area contributed by atoms with Crippen molar-refractivity contribution in [3.8, 4) is 0 Å². The fourth-order valence-electron chi connectivity index (χ4n) is 2.67. The first kappa shape index (κ1) is 15.5. The molecule has 2 heterocycles. The van der Waals surface area contributed by atoms with E-state index >= 15 is 0 Å². The highest BCUT2D eigenvalue weighted by Crippen LogP contribution is 2.21. The van der Waals surface area contributed by atoms with Crippen molar-refractivity contribution in [1.82, 2.24) is 14.9 Å². The summed E-state index contributed by atoms with van der Waals surface area (Å²) in [5, 5.41) is 6.49. The standard InChI is InChI=1S/C15H25N5O/c1-4-12-13(16-5-2)17-10-18-14(12)19-11(3)15(21)20-8-6-7-9-20/h10-11H,4-9H2,1-3H3,(H2,16,17,18,19). The molecule has 21 heavy (non-hydrogen) atoms. The quantitative estimate of drug-likeness (QED) is 0.837. The molecule has 6 heteroatoms. The summed E-state index contributed by atoms with van der Waals surface area (Å²) in [6.07, 6.45) is 4.57. The normalized spacial score (nSPS) is 15.9. The first-order chi connectivity index (χ1) is 10.2. The lowest BCUT2D eigenvalue weighted by Crippen LogP contribution is -2.40. The van der Waals surface area contributed by atoms with Gasteiger partial charge in [0.25, 0.3) is 0 Å². The Balaban J connectivity index is 2.10. The van der Waals surface area contributed by atoms with E-state index in [0.717, 1.165) is 56.1 Å². The van der Waals surface area contributed by atoms with Gasteiger partial charge in [0.15, 0.2) is 0 Å². The molecular formula is C15H25N5O. The number of hydrogen-bond donors (Lipinski definition) is 2. The molecular weight excluding hydrogens is 266 g/mol. The summed E-state index contributed by atoms with van der Waals surface area (Å²) >= 11 is 0. The van der Waals surface area contributed by atoms with Crippen molar-refractivity contribution in [3.05, 3.63) is 11.9 Å². The average Bonchev–Trinajstić information content (AvgIpc) is 3.01. The molecule has 1 fully saturated rings. The Morgan fingerprint density at radius 3 is 2.57 bits per heavy atom. The SMILES string of the molecule is CCNc1ncnc(NC(C)C(=O)N2CCCC2)c1CC. The van der Waals surface area contributed by atoms with E-state index in [2.05, 4.69) is 27.5 Å². The summed E-state index contributed by atoms with van der Waals surface area (Å²) in [5.41, 5.74) is 1.03. The van der Waals surface area contributed by atoms with Crippen LogP contribution in [0.2, 0.25) is 0 Å². The van der Waals surface area contributed by atoms with E-state index in [0.29, 0.717) is 0 Å². The van der Waals surface area contributed by atoms with E-state index in [9.17, 15) is 4.79 Å². The third-order valence-corrected chi connectivity index (χ3v) is 3.78. The topological polar surface area (TPSA) is 70.1 Å². The third-order valence-electron chi connectivity index (χ3n) is 3.78. The van der Waals surface area contributed by atoms with Gasteiger partial charge in [0, 0.05) is 25.2 Å². The Morgan fingerprint density at radius 1 is 1.29 bits per heavy atom. The molecule has 0 saturated carbocycles. The Morgan fingerprint density at radius 2 is 1.95 bits per heavy atom. The monoisotopic (exact) mass is 291 g/mol. The number of likely N-dealkylation sites (tertiary alicyclic amines) is 1. The number of amides is 1.